The largest absolute Gasteiger partial charge is 0.291 e. The summed E-state index contributed by atoms with van der Waals surface area (Å²) in [4.78, 5) is 18.5. The van der Waals surface area contributed by atoms with Gasteiger partial charge in [-0.3, -0.25) is 9.69 Å². The highest BCUT2D eigenvalue weighted by atomic mass is 32.1. The third-order valence-electron chi connectivity index (χ3n) is 2.85. The standard InChI is InChI=1S/C16H12N2OS/c19-16(15-17-11-12-20-15)18(13-7-3-1-4-8-13)14-9-5-2-6-10-14/h1-12H. The molecule has 3 nitrogen and oxygen atoms in total. The molecule has 98 valence electrons. The predicted octanol–water partition coefficient (Wildman–Crippen LogP) is 4.12. The molecule has 0 aliphatic carbocycles. The number of nitrogens with zero attached hydrogens (tertiary/aromatic N) is 2. The number of aromatic nitrogens is 1. The van der Waals surface area contributed by atoms with Crippen LogP contribution in [0.4, 0.5) is 11.4 Å². The van der Waals surface area contributed by atoms with Crippen LogP contribution < -0.4 is 4.90 Å². The van der Waals surface area contributed by atoms with Crippen molar-refractivity contribution in [1.82, 2.24) is 4.98 Å². The number of amides is 1. The average molecular weight is 280 g/mol. The minimum Gasteiger partial charge on any atom is -0.275 e. The summed E-state index contributed by atoms with van der Waals surface area (Å²) in [6.45, 7) is 0. The Morgan fingerprint density at radius 3 is 1.90 bits per heavy atom. The highest BCUT2D eigenvalue weighted by Crippen LogP contribution is 2.27. The monoisotopic (exact) mass is 280 g/mol. The molecule has 0 saturated carbocycles. The fourth-order valence-corrected chi connectivity index (χ4v) is 2.53. The topological polar surface area (TPSA) is 33.2 Å². The second-order valence-electron chi connectivity index (χ2n) is 4.15. The first-order chi connectivity index (χ1) is 9.86. The van der Waals surface area contributed by atoms with Crippen LogP contribution in [0.25, 0.3) is 0 Å². The maximum atomic E-state index is 12.7. The molecule has 2 aromatic carbocycles. The lowest BCUT2D eigenvalue weighted by Gasteiger charge is -2.21. The lowest BCUT2D eigenvalue weighted by atomic mass is 10.2. The molecule has 0 N–H and O–H groups in total. The van der Waals surface area contributed by atoms with E-state index < -0.39 is 0 Å². The fourth-order valence-electron chi connectivity index (χ4n) is 1.96. The van der Waals surface area contributed by atoms with Crippen molar-refractivity contribution in [2.45, 2.75) is 0 Å². The van der Waals surface area contributed by atoms with Crippen molar-refractivity contribution >= 4 is 28.6 Å². The summed E-state index contributed by atoms with van der Waals surface area (Å²) in [5.41, 5.74) is 1.66. The lowest BCUT2D eigenvalue weighted by molar-refractivity contribution is 0.0999. The first-order valence-electron chi connectivity index (χ1n) is 6.20. The van der Waals surface area contributed by atoms with Crippen molar-refractivity contribution in [3.63, 3.8) is 0 Å². The molecule has 0 aliphatic heterocycles. The van der Waals surface area contributed by atoms with Gasteiger partial charge in [0.2, 0.25) is 0 Å². The molecule has 3 rings (SSSR count). The van der Waals surface area contributed by atoms with Crippen LogP contribution in [0.3, 0.4) is 0 Å². The van der Waals surface area contributed by atoms with E-state index in [0.717, 1.165) is 11.4 Å². The van der Waals surface area contributed by atoms with Gasteiger partial charge < -0.3 is 0 Å². The zero-order valence-corrected chi connectivity index (χ0v) is 11.5. The van der Waals surface area contributed by atoms with Gasteiger partial charge in [-0.05, 0) is 24.3 Å². The van der Waals surface area contributed by atoms with Gasteiger partial charge in [0.05, 0.1) is 0 Å². The van der Waals surface area contributed by atoms with Crippen molar-refractivity contribution in [1.29, 1.82) is 0 Å². The smallest absolute Gasteiger partial charge is 0.275 e. The van der Waals surface area contributed by atoms with E-state index in [1.807, 2.05) is 60.7 Å². The van der Waals surface area contributed by atoms with Crippen LogP contribution >= 0.6 is 11.3 Å². The number of rotatable bonds is 3. The van der Waals surface area contributed by atoms with Crippen molar-refractivity contribution in [2.75, 3.05) is 4.90 Å². The fraction of sp³-hybridized carbons (Fsp3) is 0. The highest BCUT2D eigenvalue weighted by molar-refractivity contribution is 7.11. The van der Waals surface area contributed by atoms with Crippen LogP contribution in [-0.2, 0) is 0 Å². The molecule has 0 bridgehead atoms. The second kappa shape index (κ2) is 5.67. The first kappa shape index (κ1) is 12.6. The number of carbonyl (C=O) groups excluding carboxylic acids is 1. The van der Waals surface area contributed by atoms with Crippen LogP contribution in [0.15, 0.2) is 72.2 Å². The van der Waals surface area contributed by atoms with Gasteiger partial charge in [0.25, 0.3) is 5.91 Å². The quantitative estimate of drug-likeness (QED) is 0.723. The van der Waals surface area contributed by atoms with Gasteiger partial charge >= 0.3 is 0 Å². The van der Waals surface area contributed by atoms with Crippen LogP contribution in [-0.4, -0.2) is 10.9 Å². The molecule has 1 amide bonds. The van der Waals surface area contributed by atoms with E-state index in [9.17, 15) is 4.79 Å². The molecule has 1 aromatic heterocycles. The molecule has 0 spiro atoms. The van der Waals surface area contributed by atoms with Crippen molar-refractivity contribution in [3.05, 3.63) is 77.2 Å². The Bertz CT molecular complexity index is 642. The van der Waals surface area contributed by atoms with Crippen molar-refractivity contribution in [3.8, 4) is 0 Å². The third kappa shape index (κ3) is 2.46. The molecule has 0 fully saturated rings. The maximum absolute atomic E-state index is 12.7. The summed E-state index contributed by atoms with van der Waals surface area (Å²) in [6, 6.07) is 19.2. The van der Waals surface area contributed by atoms with Gasteiger partial charge in [0.1, 0.15) is 0 Å². The molecule has 0 aliphatic rings. The summed E-state index contributed by atoms with van der Waals surface area (Å²) in [7, 11) is 0. The number of para-hydroxylation sites is 2. The molecule has 4 heteroatoms. The third-order valence-corrected chi connectivity index (χ3v) is 3.61. The SMILES string of the molecule is O=C(c1nccs1)N(c1ccccc1)c1ccccc1. The first-order valence-corrected chi connectivity index (χ1v) is 7.08. The van der Waals surface area contributed by atoms with E-state index in [-0.39, 0.29) is 5.91 Å². The Morgan fingerprint density at radius 1 is 0.900 bits per heavy atom. The van der Waals surface area contributed by atoms with Gasteiger partial charge in [-0.15, -0.1) is 11.3 Å². The summed E-state index contributed by atoms with van der Waals surface area (Å²) in [5.74, 6) is -0.114. The van der Waals surface area contributed by atoms with Crippen LogP contribution in [0.5, 0.6) is 0 Å². The minimum absolute atomic E-state index is 0.114. The Hall–Kier alpha value is -2.46. The van der Waals surface area contributed by atoms with Crippen LogP contribution in [0.2, 0.25) is 0 Å². The van der Waals surface area contributed by atoms with Crippen molar-refractivity contribution in [2.24, 2.45) is 0 Å². The van der Waals surface area contributed by atoms with Crippen LogP contribution in [0.1, 0.15) is 9.80 Å². The van der Waals surface area contributed by atoms with E-state index in [4.69, 9.17) is 0 Å². The Balaban J connectivity index is 2.07. The summed E-state index contributed by atoms with van der Waals surface area (Å²) >= 11 is 1.35. The predicted molar refractivity (Wildman–Crippen MR) is 81.5 cm³/mol. The van der Waals surface area contributed by atoms with E-state index in [1.165, 1.54) is 11.3 Å². The molecule has 20 heavy (non-hydrogen) atoms. The van der Waals surface area contributed by atoms with Gasteiger partial charge in [0.15, 0.2) is 5.01 Å². The highest BCUT2D eigenvalue weighted by Gasteiger charge is 2.21. The summed E-state index contributed by atoms with van der Waals surface area (Å²) in [5, 5.41) is 2.29. The van der Waals surface area contributed by atoms with Gasteiger partial charge in [-0.25, -0.2) is 4.98 Å². The summed E-state index contributed by atoms with van der Waals surface area (Å²) < 4.78 is 0. The van der Waals surface area contributed by atoms with Crippen molar-refractivity contribution < 1.29 is 4.79 Å². The van der Waals surface area contributed by atoms with Crippen LogP contribution in [0, 0.1) is 0 Å². The molecule has 0 saturated heterocycles. The average Bonchev–Trinajstić information content (AvgIpc) is 3.04. The molecule has 1 heterocycles. The number of carbonyl (C=O) groups is 1. The molecule has 3 aromatic rings. The molecule has 0 unspecified atom stereocenters. The number of thiazole rings is 1. The van der Waals surface area contributed by atoms with E-state index >= 15 is 0 Å². The number of benzene rings is 2. The van der Waals surface area contributed by atoms with Gasteiger partial charge in [0, 0.05) is 23.0 Å². The zero-order valence-electron chi connectivity index (χ0n) is 10.6. The Morgan fingerprint density at radius 2 is 1.45 bits per heavy atom. The van der Waals surface area contributed by atoms with E-state index in [2.05, 4.69) is 4.98 Å². The van der Waals surface area contributed by atoms with Gasteiger partial charge in [-0.1, -0.05) is 36.4 Å². The number of hydrogen-bond acceptors (Lipinski definition) is 3. The van der Waals surface area contributed by atoms with E-state index in [1.54, 1.807) is 16.5 Å². The zero-order chi connectivity index (χ0) is 13.8. The maximum Gasteiger partial charge on any atom is 0.291 e. The summed E-state index contributed by atoms with van der Waals surface area (Å²) in [6.07, 6.45) is 1.64. The Kier molecular flexibility index (Phi) is 3.56. The van der Waals surface area contributed by atoms with Gasteiger partial charge in [-0.2, -0.15) is 0 Å². The van der Waals surface area contributed by atoms with E-state index in [0.29, 0.717) is 5.01 Å². The second-order valence-corrected chi connectivity index (χ2v) is 5.04. The molecular weight excluding hydrogens is 268 g/mol. The number of hydrogen-bond donors (Lipinski definition) is 0. The molecular formula is C16H12N2OS. The molecule has 0 radical (unpaired) electrons. The molecule has 0 atom stereocenters. The lowest BCUT2D eigenvalue weighted by Crippen LogP contribution is -2.25. The normalized spacial score (nSPS) is 10.2. The number of anilines is 2. The Labute approximate surface area is 121 Å². The minimum atomic E-state index is -0.114.